The summed E-state index contributed by atoms with van der Waals surface area (Å²) < 4.78 is 0. The summed E-state index contributed by atoms with van der Waals surface area (Å²) in [5.74, 6) is 0. The van der Waals surface area contributed by atoms with E-state index < -0.39 is 0 Å². The van der Waals surface area contributed by atoms with Gasteiger partial charge >= 0.3 is 0 Å². The molecule has 0 aliphatic rings. The van der Waals surface area contributed by atoms with Crippen LogP contribution in [0.15, 0.2) is 36.4 Å². The molecule has 0 unspecified atom stereocenters. The van der Waals surface area contributed by atoms with Gasteiger partial charge in [0.05, 0.1) is 5.02 Å². The van der Waals surface area contributed by atoms with Crippen molar-refractivity contribution in [1.82, 2.24) is 0 Å². The lowest BCUT2D eigenvalue weighted by Crippen LogP contribution is -1.87. The second-order valence-corrected chi connectivity index (χ2v) is 3.34. The fraction of sp³-hybridized carbons (Fsp3) is 0.0909. The average Bonchev–Trinajstić information content (AvgIpc) is 2.18. The summed E-state index contributed by atoms with van der Waals surface area (Å²) in [7, 11) is 1.89. The van der Waals surface area contributed by atoms with Crippen LogP contribution in [0.3, 0.4) is 0 Å². The Labute approximate surface area is 82.3 Å². The third-order valence-electron chi connectivity index (χ3n) is 2.10. The van der Waals surface area contributed by atoms with Crippen molar-refractivity contribution in [1.29, 1.82) is 0 Å². The van der Waals surface area contributed by atoms with Crippen molar-refractivity contribution >= 4 is 28.1 Å². The minimum atomic E-state index is 0.794. The Morgan fingerprint density at radius 3 is 2.69 bits per heavy atom. The molecular formula is C11H10ClN. The molecule has 0 radical (unpaired) electrons. The highest BCUT2D eigenvalue weighted by Gasteiger charge is 1.99. The van der Waals surface area contributed by atoms with Crippen molar-refractivity contribution in [2.24, 2.45) is 0 Å². The molecule has 0 atom stereocenters. The molecule has 0 saturated heterocycles. The predicted octanol–water partition coefficient (Wildman–Crippen LogP) is 3.53. The fourth-order valence-corrected chi connectivity index (χ4v) is 1.70. The van der Waals surface area contributed by atoms with Gasteiger partial charge in [-0.05, 0) is 17.5 Å². The first-order chi connectivity index (χ1) is 6.31. The van der Waals surface area contributed by atoms with E-state index in [1.807, 2.05) is 31.3 Å². The lowest BCUT2D eigenvalue weighted by molar-refractivity contribution is 1.53. The zero-order valence-electron chi connectivity index (χ0n) is 7.34. The third kappa shape index (κ3) is 1.47. The quantitative estimate of drug-likeness (QED) is 0.727. The van der Waals surface area contributed by atoms with Crippen molar-refractivity contribution in [2.45, 2.75) is 0 Å². The molecule has 1 N–H and O–H groups in total. The smallest absolute Gasteiger partial charge is 0.0504 e. The SMILES string of the molecule is CNc1cc(Cl)c2ccccc2c1. The van der Waals surface area contributed by atoms with Crippen molar-refractivity contribution in [3.63, 3.8) is 0 Å². The molecule has 0 aromatic heterocycles. The molecule has 66 valence electrons. The highest BCUT2D eigenvalue weighted by atomic mass is 35.5. The van der Waals surface area contributed by atoms with Gasteiger partial charge in [0.15, 0.2) is 0 Å². The summed E-state index contributed by atoms with van der Waals surface area (Å²) in [6.07, 6.45) is 0. The van der Waals surface area contributed by atoms with E-state index in [0.29, 0.717) is 0 Å². The van der Waals surface area contributed by atoms with Gasteiger partial charge in [-0.25, -0.2) is 0 Å². The number of nitrogens with one attached hydrogen (secondary N) is 1. The molecule has 0 amide bonds. The Morgan fingerprint density at radius 1 is 1.15 bits per heavy atom. The lowest BCUT2D eigenvalue weighted by Gasteiger charge is -2.04. The van der Waals surface area contributed by atoms with E-state index in [2.05, 4.69) is 17.4 Å². The summed E-state index contributed by atoms with van der Waals surface area (Å²) in [6.45, 7) is 0. The second kappa shape index (κ2) is 3.27. The molecule has 2 rings (SSSR count). The van der Waals surface area contributed by atoms with Gasteiger partial charge < -0.3 is 5.32 Å². The Kier molecular flexibility index (Phi) is 2.11. The van der Waals surface area contributed by atoms with E-state index in [9.17, 15) is 0 Å². The van der Waals surface area contributed by atoms with Crippen LogP contribution < -0.4 is 5.32 Å². The predicted molar refractivity (Wildman–Crippen MR) is 58.5 cm³/mol. The van der Waals surface area contributed by atoms with E-state index in [1.165, 1.54) is 5.39 Å². The summed E-state index contributed by atoms with van der Waals surface area (Å²) in [5, 5.41) is 6.14. The Hall–Kier alpha value is -1.21. The topological polar surface area (TPSA) is 12.0 Å². The van der Waals surface area contributed by atoms with Crippen LogP contribution >= 0.6 is 11.6 Å². The van der Waals surface area contributed by atoms with Gasteiger partial charge in [0.2, 0.25) is 0 Å². The lowest BCUT2D eigenvalue weighted by atomic mass is 10.1. The number of benzene rings is 2. The van der Waals surface area contributed by atoms with E-state index in [4.69, 9.17) is 11.6 Å². The molecule has 2 heteroatoms. The highest BCUT2D eigenvalue weighted by Crippen LogP contribution is 2.27. The fourth-order valence-electron chi connectivity index (χ4n) is 1.41. The first kappa shape index (κ1) is 8.39. The standard InChI is InChI=1S/C11H10ClN/c1-13-9-6-8-4-2-3-5-10(8)11(12)7-9/h2-7,13H,1H3. The van der Waals surface area contributed by atoms with E-state index in [1.54, 1.807) is 0 Å². The zero-order chi connectivity index (χ0) is 9.26. The molecule has 0 bridgehead atoms. The van der Waals surface area contributed by atoms with Crippen LogP contribution in [0.4, 0.5) is 5.69 Å². The first-order valence-electron chi connectivity index (χ1n) is 4.17. The van der Waals surface area contributed by atoms with Gasteiger partial charge in [-0.2, -0.15) is 0 Å². The minimum Gasteiger partial charge on any atom is -0.388 e. The number of hydrogen-bond acceptors (Lipinski definition) is 1. The van der Waals surface area contributed by atoms with E-state index >= 15 is 0 Å². The molecule has 0 spiro atoms. The Balaban J connectivity index is 2.77. The molecule has 1 nitrogen and oxygen atoms in total. The van der Waals surface area contributed by atoms with Crippen LogP contribution in [0.25, 0.3) is 10.8 Å². The van der Waals surface area contributed by atoms with E-state index in [0.717, 1.165) is 16.1 Å². The maximum absolute atomic E-state index is 6.10. The second-order valence-electron chi connectivity index (χ2n) is 2.93. The van der Waals surface area contributed by atoms with Crippen LogP contribution in [0, 0.1) is 0 Å². The number of hydrogen-bond donors (Lipinski definition) is 1. The molecule has 2 aromatic carbocycles. The maximum atomic E-state index is 6.10. The van der Waals surface area contributed by atoms with Crippen molar-refractivity contribution < 1.29 is 0 Å². The van der Waals surface area contributed by atoms with Crippen LogP contribution in [0.5, 0.6) is 0 Å². The molecule has 0 aliphatic carbocycles. The molecule has 0 heterocycles. The van der Waals surface area contributed by atoms with Gasteiger partial charge in [-0.1, -0.05) is 35.9 Å². The monoisotopic (exact) mass is 191 g/mol. The summed E-state index contributed by atoms with van der Waals surface area (Å²) >= 11 is 6.10. The summed E-state index contributed by atoms with van der Waals surface area (Å²) in [6, 6.07) is 12.1. The number of halogens is 1. The van der Waals surface area contributed by atoms with E-state index in [-0.39, 0.29) is 0 Å². The van der Waals surface area contributed by atoms with Crippen LogP contribution in [0.2, 0.25) is 5.02 Å². The van der Waals surface area contributed by atoms with Crippen LogP contribution in [-0.2, 0) is 0 Å². The normalized spacial score (nSPS) is 10.3. The number of fused-ring (bicyclic) bond motifs is 1. The summed E-state index contributed by atoms with van der Waals surface area (Å²) in [5.41, 5.74) is 1.05. The average molecular weight is 192 g/mol. The summed E-state index contributed by atoms with van der Waals surface area (Å²) in [4.78, 5) is 0. The molecule has 0 saturated carbocycles. The van der Waals surface area contributed by atoms with Crippen molar-refractivity contribution in [3.8, 4) is 0 Å². The minimum absolute atomic E-state index is 0.794. The molecule has 13 heavy (non-hydrogen) atoms. The highest BCUT2D eigenvalue weighted by molar-refractivity contribution is 6.35. The first-order valence-corrected chi connectivity index (χ1v) is 4.55. The van der Waals surface area contributed by atoms with Crippen LogP contribution in [-0.4, -0.2) is 7.05 Å². The Morgan fingerprint density at radius 2 is 1.92 bits per heavy atom. The van der Waals surface area contributed by atoms with Gasteiger partial charge in [-0.3, -0.25) is 0 Å². The molecule has 2 aromatic rings. The van der Waals surface area contributed by atoms with Gasteiger partial charge in [0.25, 0.3) is 0 Å². The number of anilines is 1. The maximum Gasteiger partial charge on any atom is 0.0504 e. The molecule has 0 aliphatic heterocycles. The third-order valence-corrected chi connectivity index (χ3v) is 2.41. The van der Waals surface area contributed by atoms with Crippen LogP contribution in [0.1, 0.15) is 0 Å². The van der Waals surface area contributed by atoms with Crippen molar-refractivity contribution in [3.05, 3.63) is 41.4 Å². The molecule has 0 fully saturated rings. The van der Waals surface area contributed by atoms with Crippen molar-refractivity contribution in [2.75, 3.05) is 12.4 Å². The zero-order valence-corrected chi connectivity index (χ0v) is 8.10. The number of rotatable bonds is 1. The van der Waals surface area contributed by atoms with Gasteiger partial charge in [-0.15, -0.1) is 0 Å². The molecular weight excluding hydrogens is 182 g/mol. The Bertz CT molecular complexity index is 437. The largest absolute Gasteiger partial charge is 0.388 e. The van der Waals surface area contributed by atoms with Gasteiger partial charge in [0, 0.05) is 18.1 Å². The van der Waals surface area contributed by atoms with Gasteiger partial charge in [0.1, 0.15) is 0 Å².